The van der Waals surface area contributed by atoms with Crippen LogP contribution in [0.15, 0.2) is 11.6 Å². The Morgan fingerprint density at radius 3 is 2.82 bits per heavy atom. The Morgan fingerprint density at radius 1 is 1.55 bits per heavy atom. The fourth-order valence-electron chi connectivity index (χ4n) is 1.67. The summed E-state index contributed by atoms with van der Waals surface area (Å²) in [4.78, 5) is 0. The normalized spacial score (nSPS) is 25.5. The minimum Gasteiger partial charge on any atom is -0.308 e. The lowest BCUT2D eigenvalue weighted by atomic mass is 9.96. The molecule has 0 aromatic carbocycles. The van der Waals surface area contributed by atoms with Crippen LogP contribution in [0.2, 0.25) is 0 Å². The van der Waals surface area contributed by atoms with Crippen molar-refractivity contribution >= 4 is 0 Å². The predicted molar refractivity (Wildman–Crippen MR) is 49.7 cm³/mol. The van der Waals surface area contributed by atoms with Crippen LogP contribution in [-0.4, -0.2) is 12.1 Å². The first-order chi connectivity index (χ1) is 5.18. The Balaban J connectivity index is 2.39. The molecule has 1 atom stereocenters. The topological polar surface area (TPSA) is 12.0 Å². The van der Waals surface area contributed by atoms with Crippen molar-refractivity contribution in [3.63, 3.8) is 0 Å². The molecule has 11 heavy (non-hydrogen) atoms. The Hall–Kier alpha value is -0.300. The molecule has 0 heterocycles. The number of hydrogen-bond donors (Lipinski definition) is 1. The maximum Gasteiger partial charge on any atom is 0.0254 e. The molecule has 1 unspecified atom stereocenters. The summed E-state index contributed by atoms with van der Waals surface area (Å²) in [5, 5.41) is 3.54. The minimum absolute atomic E-state index is 0.613. The molecule has 0 aromatic rings. The summed E-state index contributed by atoms with van der Waals surface area (Å²) in [5.74, 6) is 0. The van der Waals surface area contributed by atoms with Crippen LogP contribution in [-0.2, 0) is 0 Å². The summed E-state index contributed by atoms with van der Waals surface area (Å²) in [6.07, 6.45) is 6.35. The molecule has 1 heteroatoms. The first-order valence-electron chi connectivity index (χ1n) is 4.62. The van der Waals surface area contributed by atoms with Crippen molar-refractivity contribution in [2.45, 2.75) is 52.1 Å². The van der Waals surface area contributed by atoms with Crippen LogP contribution in [0.5, 0.6) is 0 Å². The molecule has 0 fully saturated rings. The standard InChI is InChI=1S/C10H19N/c1-8(2)11-10-6-4-5-9(3)7-10/h7-8,10-11H,4-6H2,1-3H3. The van der Waals surface area contributed by atoms with Gasteiger partial charge in [-0.1, -0.05) is 25.5 Å². The largest absolute Gasteiger partial charge is 0.308 e. The van der Waals surface area contributed by atoms with Gasteiger partial charge in [0.05, 0.1) is 0 Å². The van der Waals surface area contributed by atoms with Gasteiger partial charge in [0.25, 0.3) is 0 Å². The smallest absolute Gasteiger partial charge is 0.0254 e. The monoisotopic (exact) mass is 153 g/mol. The lowest BCUT2D eigenvalue weighted by Gasteiger charge is -2.22. The van der Waals surface area contributed by atoms with Gasteiger partial charge in [0, 0.05) is 12.1 Å². The van der Waals surface area contributed by atoms with Crippen molar-refractivity contribution in [2.24, 2.45) is 0 Å². The van der Waals surface area contributed by atoms with E-state index < -0.39 is 0 Å². The van der Waals surface area contributed by atoms with Gasteiger partial charge in [-0.05, 0) is 26.2 Å². The summed E-state index contributed by atoms with van der Waals surface area (Å²) >= 11 is 0. The Kier molecular flexibility index (Phi) is 3.13. The molecule has 0 saturated heterocycles. The fourth-order valence-corrected chi connectivity index (χ4v) is 1.67. The third-order valence-electron chi connectivity index (χ3n) is 2.12. The van der Waals surface area contributed by atoms with E-state index in [1.165, 1.54) is 19.3 Å². The van der Waals surface area contributed by atoms with Gasteiger partial charge in [-0.3, -0.25) is 0 Å². The van der Waals surface area contributed by atoms with Crippen molar-refractivity contribution in [3.8, 4) is 0 Å². The predicted octanol–water partition coefficient (Wildman–Crippen LogP) is 2.48. The fraction of sp³-hybridized carbons (Fsp3) is 0.800. The van der Waals surface area contributed by atoms with E-state index in [1.54, 1.807) is 5.57 Å². The molecule has 1 nitrogen and oxygen atoms in total. The van der Waals surface area contributed by atoms with Crippen molar-refractivity contribution in [1.82, 2.24) is 5.32 Å². The zero-order valence-corrected chi connectivity index (χ0v) is 7.85. The number of allylic oxidation sites excluding steroid dienone is 1. The zero-order chi connectivity index (χ0) is 8.27. The van der Waals surface area contributed by atoms with Gasteiger partial charge >= 0.3 is 0 Å². The lowest BCUT2D eigenvalue weighted by Crippen LogP contribution is -2.34. The molecule has 1 aliphatic rings. The number of rotatable bonds is 2. The van der Waals surface area contributed by atoms with Gasteiger partial charge in [-0.25, -0.2) is 0 Å². The van der Waals surface area contributed by atoms with E-state index in [4.69, 9.17) is 0 Å². The molecule has 0 spiro atoms. The van der Waals surface area contributed by atoms with Crippen molar-refractivity contribution < 1.29 is 0 Å². The SMILES string of the molecule is CC1=CC(NC(C)C)CCC1. The maximum atomic E-state index is 3.54. The molecule has 0 radical (unpaired) electrons. The second-order valence-electron chi connectivity index (χ2n) is 3.83. The molecule has 64 valence electrons. The van der Waals surface area contributed by atoms with E-state index in [0.29, 0.717) is 12.1 Å². The molecule has 0 aliphatic heterocycles. The lowest BCUT2D eigenvalue weighted by molar-refractivity contribution is 0.470. The Labute approximate surface area is 69.9 Å². The number of hydrogen-bond acceptors (Lipinski definition) is 1. The van der Waals surface area contributed by atoms with Crippen LogP contribution >= 0.6 is 0 Å². The van der Waals surface area contributed by atoms with Gasteiger partial charge in [0.1, 0.15) is 0 Å². The molecule has 0 amide bonds. The third kappa shape index (κ3) is 3.06. The van der Waals surface area contributed by atoms with Crippen LogP contribution in [0.3, 0.4) is 0 Å². The molecule has 0 saturated carbocycles. The number of nitrogens with one attached hydrogen (secondary N) is 1. The highest BCUT2D eigenvalue weighted by Crippen LogP contribution is 2.17. The van der Waals surface area contributed by atoms with E-state index in [1.807, 2.05) is 0 Å². The quantitative estimate of drug-likeness (QED) is 0.601. The van der Waals surface area contributed by atoms with Crippen LogP contribution in [0.25, 0.3) is 0 Å². The second kappa shape index (κ2) is 3.91. The van der Waals surface area contributed by atoms with Crippen molar-refractivity contribution in [1.29, 1.82) is 0 Å². The molecule has 0 bridgehead atoms. The Bertz CT molecular complexity index is 147. The summed E-state index contributed by atoms with van der Waals surface area (Å²) in [6.45, 7) is 6.64. The van der Waals surface area contributed by atoms with Crippen LogP contribution in [0.4, 0.5) is 0 Å². The summed E-state index contributed by atoms with van der Waals surface area (Å²) < 4.78 is 0. The van der Waals surface area contributed by atoms with Gasteiger partial charge in [-0.15, -0.1) is 0 Å². The molecule has 0 aromatic heterocycles. The average Bonchev–Trinajstić information content (AvgIpc) is 1.85. The molecular formula is C10H19N. The third-order valence-corrected chi connectivity index (χ3v) is 2.12. The van der Waals surface area contributed by atoms with Gasteiger partial charge in [0.2, 0.25) is 0 Å². The first-order valence-corrected chi connectivity index (χ1v) is 4.62. The average molecular weight is 153 g/mol. The highest BCUT2D eigenvalue weighted by atomic mass is 14.9. The van der Waals surface area contributed by atoms with Crippen LogP contribution in [0, 0.1) is 0 Å². The second-order valence-corrected chi connectivity index (χ2v) is 3.83. The van der Waals surface area contributed by atoms with E-state index >= 15 is 0 Å². The molecular weight excluding hydrogens is 134 g/mol. The summed E-state index contributed by atoms with van der Waals surface area (Å²) in [6, 6.07) is 1.26. The van der Waals surface area contributed by atoms with E-state index in [0.717, 1.165) is 0 Å². The van der Waals surface area contributed by atoms with Gasteiger partial charge in [-0.2, -0.15) is 0 Å². The zero-order valence-electron chi connectivity index (χ0n) is 7.85. The summed E-state index contributed by atoms with van der Waals surface area (Å²) in [7, 11) is 0. The highest BCUT2D eigenvalue weighted by Gasteiger charge is 2.10. The maximum absolute atomic E-state index is 3.54. The van der Waals surface area contributed by atoms with Crippen LogP contribution in [0.1, 0.15) is 40.0 Å². The van der Waals surface area contributed by atoms with E-state index in [2.05, 4.69) is 32.2 Å². The van der Waals surface area contributed by atoms with E-state index in [9.17, 15) is 0 Å². The highest BCUT2D eigenvalue weighted by molar-refractivity contribution is 5.07. The minimum atomic E-state index is 0.613. The van der Waals surface area contributed by atoms with Crippen molar-refractivity contribution in [3.05, 3.63) is 11.6 Å². The van der Waals surface area contributed by atoms with Gasteiger partial charge < -0.3 is 5.32 Å². The molecule has 1 aliphatic carbocycles. The first kappa shape index (κ1) is 8.79. The van der Waals surface area contributed by atoms with Gasteiger partial charge in [0.15, 0.2) is 0 Å². The van der Waals surface area contributed by atoms with E-state index in [-0.39, 0.29) is 0 Å². The molecule has 1 rings (SSSR count). The molecule has 1 N–H and O–H groups in total. The summed E-state index contributed by atoms with van der Waals surface area (Å²) in [5.41, 5.74) is 1.55. The van der Waals surface area contributed by atoms with Crippen molar-refractivity contribution in [2.75, 3.05) is 0 Å². The van der Waals surface area contributed by atoms with Crippen LogP contribution < -0.4 is 5.32 Å². The Morgan fingerprint density at radius 2 is 2.27 bits per heavy atom.